The van der Waals surface area contributed by atoms with Crippen LogP contribution in [0.3, 0.4) is 0 Å². The fourth-order valence-electron chi connectivity index (χ4n) is 3.25. The van der Waals surface area contributed by atoms with Gasteiger partial charge < -0.3 is 5.11 Å². The van der Waals surface area contributed by atoms with Crippen molar-refractivity contribution in [3.63, 3.8) is 0 Å². The number of benzene rings is 3. The topological polar surface area (TPSA) is 114 Å². The zero-order chi connectivity index (χ0) is 21.3. The normalized spacial score (nSPS) is 14.2. The van der Waals surface area contributed by atoms with Crippen LogP contribution in [-0.2, 0) is 0 Å². The maximum Gasteiger partial charge on any atom is 0.352 e. The van der Waals surface area contributed by atoms with Crippen LogP contribution in [0.15, 0.2) is 77.3 Å². The molecule has 10 heteroatoms. The predicted octanol–water partition coefficient (Wildman–Crippen LogP) is 3.59. The van der Waals surface area contributed by atoms with Crippen LogP contribution in [0.2, 0.25) is 0 Å². The number of nitrogens with zero attached hydrogens (tertiary/aromatic N) is 3. The van der Waals surface area contributed by atoms with E-state index in [0.29, 0.717) is 11.4 Å². The van der Waals surface area contributed by atoms with Crippen molar-refractivity contribution in [2.75, 3.05) is 10.0 Å². The standard InChI is InChI=1S/C20H16BrN5O4/c21-17-12-15(26(29)30)11-16(18(17)27)19-24(13-7-3-1-4-8-13)22-20(28)23-25(19)14-9-5-2-6-10-14/h1-12,19,27H,(H2,22,23,28)/p-1. The summed E-state index contributed by atoms with van der Waals surface area (Å²) in [6.45, 7) is 0. The first-order chi connectivity index (χ1) is 14.5. The van der Waals surface area contributed by atoms with Crippen molar-refractivity contribution in [2.24, 2.45) is 0 Å². The molecule has 3 aromatic carbocycles. The molecule has 0 radical (unpaired) electrons. The molecule has 1 aliphatic heterocycles. The summed E-state index contributed by atoms with van der Waals surface area (Å²) in [5.41, 5.74) is 6.45. The van der Waals surface area contributed by atoms with Gasteiger partial charge in [0.1, 0.15) is 0 Å². The molecule has 2 N–H and O–H groups in total. The van der Waals surface area contributed by atoms with E-state index in [9.17, 15) is 20.0 Å². The Kier molecular flexibility index (Phi) is 5.15. The SMILES string of the molecule is O=C1NN(c2ccccc2)C(c2cc([N+](=O)[O-])cc(Br)c2[O-])N(c2ccccc2)N1. The van der Waals surface area contributed by atoms with Gasteiger partial charge in [-0.3, -0.25) is 20.1 Å². The molecule has 0 aliphatic carbocycles. The average molecular weight is 469 g/mol. The molecule has 2 amide bonds. The second-order valence-corrected chi connectivity index (χ2v) is 7.29. The molecule has 1 aliphatic rings. The number of non-ortho nitro benzene ring substituents is 1. The molecule has 9 nitrogen and oxygen atoms in total. The van der Waals surface area contributed by atoms with Gasteiger partial charge in [-0.2, -0.15) is 0 Å². The number of hydrogen-bond donors (Lipinski definition) is 2. The molecular weight excluding hydrogens is 454 g/mol. The number of urea groups is 1. The van der Waals surface area contributed by atoms with Crippen molar-refractivity contribution in [2.45, 2.75) is 6.17 Å². The molecule has 1 heterocycles. The van der Waals surface area contributed by atoms with Crippen molar-refractivity contribution in [1.82, 2.24) is 10.9 Å². The number of halogens is 1. The summed E-state index contributed by atoms with van der Waals surface area (Å²) in [5, 5.41) is 27.4. The lowest BCUT2D eigenvalue weighted by Gasteiger charge is -2.46. The van der Waals surface area contributed by atoms with Crippen LogP contribution in [0, 0.1) is 10.1 Å². The molecule has 0 aromatic heterocycles. The Morgan fingerprint density at radius 2 is 1.40 bits per heavy atom. The number of para-hydroxylation sites is 2. The van der Waals surface area contributed by atoms with Gasteiger partial charge in [0.2, 0.25) is 0 Å². The van der Waals surface area contributed by atoms with E-state index in [1.807, 2.05) is 12.1 Å². The van der Waals surface area contributed by atoms with Gasteiger partial charge in [-0.1, -0.05) is 58.1 Å². The van der Waals surface area contributed by atoms with Crippen LogP contribution in [0.25, 0.3) is 0 Å². The molecule has 4 rings (SSSR count). The van der Waals surface area contributed by atoms with E-state index in [1.165, 1.54) is 22.2 Å². The third-order valence-corrected chi connectivity index (χ3v) is 5.14. The van der Waals surface area contributed by atoms with Crippen LogP contribution in [-0.4, -0.2) is 11.0 Å². The Balaban J connectivity index is 1.94. The Labute approximate surface area is 179 Å². The average Bonchev–Trinajstić information content (AvgIpc) is 2.76. The predicted molar refractivity (Wildman–Crippen MR) is 112 cm³/mol. The zero-order valence-corrected chi connectivity index (χ0v) is 16.9. The molecule has 1 saturated heterocycles. The van der Waals surface area contributed by atoms with Crippen LogP contribution in [0.4, 0.5) is 21.9 Å². The number of hydrogen-bond acceptors (Lipinski definition) is 6. The van der Waals surface area contributed by atoms with Crippen molar-refractivity contribution in [1.29, 1.82) is 0 Å². The van der Waals surface area contributed by atoms with E-state index in [4.69, 9.17) is 0 Å². The Morgan fingerprint density at radius 1 is 0.900 bits per heavy atom. The van der Waals surface area contributed by atoms with Gasteiger partial charge in [0.25, 0.3) is 5.69 Å². The lowest BCUT2D eigenvalue weighted by molar-refractivity contribution is -0.385. The number of hydrazine groups is 2. The minimum Gasteiger partial charge on any atom is -0.871 e. The largest absolute Gasteiger partial charge is 0.871 e. The van der Waals surface area contributed by atoms with Crippen LogP contribution < -0.4 is 26.0 Å². The highest BCUT2D eigenvalue weighted by atomic mass is 79.9. The van der Waals surface area contributed by atoms with E-state index in [-0.39, 0.29) is 15.7 Å². The Bertz CT molecular complexity index is 1050. The summed E-state index contributed by atoms with van der Waals surface area (Å²) < 4.78 is 0.0598. The quantitative estimate of drug-likeness (QED) is 0.446. The molecule has 30 heavy (non-hydrogen) atoms. The van der Waals surface area contributed by atoms with E-state index in [2.05, 4.69) is 26.8 Å². The van der Waals surface area contributed by atoms with Crippen molar-refractivity contribution < 1.29 is 14.8 Å². The van der Waals surface area contributed by atoms with Gasteiger partial charge in [-0.15, -0.1) is 0 Å². The van der Waals surface area contributed by atoms with Crippen molar-refractivity contribution in [3.05, 3.63) is 92.9 Å². The number of nitrogens with one attached hydrogen (secondary N) is 2. The minimum absolute atomic E-state index is 0.0598. The Hall–Kier alpha value is -3.79. The maximum absolute atomic E-state index is 13.0. The second kappa shape index (κ2) is 7.91. The lowest BCUT2D eigenvalue weighted by Crippen LogP contribution is -2.65. The number of nitro groups is 1. The number of carbonyl (C=O) groups is 1. The fourth-order valence-corrected chi connectivity index (χ4v) is 3.71. The molecule has 0 spiro atoms. The summed E-state index contributed by atoms with van der Waals surface area (Å²) in [4.78, 5) is 23.3. The van der Waals surface area contributed by atoms with Gasteiger partial charge in [0.05, 0.1) is 16.3 Å². The number of carbonyl (C=O) groups excluding carboxylic acids is 1. The summed E-state index contributed by atoms with van der Waals surface area (Å²) in [5.74, 6) is -0.426. The summed E-state index contributed by atoms with van der Waals surface area (Å²) in [6.07, 6.45) is -0.906. The van der Waals surface area contributed by atoms with Gasteiger partial charge in [-0.05, 0) is 29.8 Å². The Morgan fingerprint density at radius 3 is 1.87 bits per heavy atom. The fraction of sp³-hybridized carbons (Fsp3) is 0.0500. The molecule has 0 bridgehead atoms. The third kappa shape index (κ3) is 3.60. The molecule has 1 fully saturated rings. The van der Waals surface area contributed by atoms with E-state index < -0.39 is 22.9 Å². The maximum atomic E-state index is 13.0. The zero-order valence-electron chi connectivity index (χ0n) is 15.4. The molecule has 0 unspecified atom stereocenters. The smallest absolute Gasteiger partial charge is 0.352 e. The first-order valence-corrected chi connectivity index (χ1v) is 9.65. The van der Waals surface area contributed by atoms with E-state index >= 15 is 0 Å². The first kappa shape index (κ1) is 19.5. The van der Waals surface area contributed by atoms with Crippen molar-refractivity contribution in [3.8, 4) is 5.75 Å². The highest BCUT2D eigenvalue weighted by Gasteiger charge is 2.36. The van der Waals surface area contributed by atoms with Crippen LogP contribution in [0.1, 0.15) is 11.7 Å². The van der Waals surface area contributed by atoms with Crippen molar-refractivity contribution >= 4 is 39.0 Å². The molecule has 3 aromatic rings. The number of amides is 2. The molecule has 0 saturated carbocycles. The number of nitro benzene ring substituents is 1. The summed E-state index contributed by atoms with van der Waals surface area (Å²) >= 11 is 3.13. The molecule has 0 atom stereocenters. The monoisotopic (exact) mass is 468 g/mol. The second-order valence-electron chi connectivity index (χ2n) is 6.44. The van der Waals surface area contributed by atoms with Crippen LogP contribution >= 0.6 is 15.9 Å². The highest BCUT2D eigenvalue weighted by molar-refractivity contribution is 9.10. The third-order valence-electron chi connectivity index (χ3n) is 4.55. The van der Waals surface area contributed by atoms with E-state index in [0.717, 1.165) is 0 Å². The van der Waals surface area contributed by atoms with Gasteiger partial charge >= 0.3 is 6.03 Å². The number of rotatable bonds is 4. The first-order valence-electron chi connectivity index (χ1n) is 8.86. The summed E-state index contributed by atoms with van der Waals surface area (Å²) in [6, 6.07) is 19.7. The van der Waals surface area contributed by atoms with Crippen LogP contribution in [0.5, 0.6) is 5.75 Å². The number of anilines is 2. The van der Waals surface area contributed by atoms with Gasteiger partial charge in [0.15, 0.2) is 6.17 Å². The van der Waals surface area contributed by atoms with E-state index in [1.54, 1.807) is 48.5 Å². The van der Waals surface area contributed by atoms with Gasteiger partial charge in [0, 0.05) is 16.6 Å². The lowest BCUT2D eigenvalue weighted by atomic mass is 10.1. The van der Waals surface area contributed by atoms with Gasteiger partial charge in [-0.25, -0.2) is 15.6 Å². The minimum atomic E-state index is -0.906. The molecular formula is C20H15BrN5O4-. The molecule has 152 valence electrons. The summed E-state index contributed by atoms with van der Waals surface area (Å²) in [7, 11) is 0. The highest BCUT2D eigenvalue weighted by Crippen LogP contribution is 2.40.